The molecule has 0 aliphatic heterocycles. The van der Waals surface area contributed by atoms with Gasteiger partial charge in [0.15, 0.2) is 0 Å². The highest BCUT2D eigenvalue weighted by molar-refractivity contribution is 6.11. The number of carboxylic acid groups (broad SMARTS) is 4. The minimum Gasteiger partial charge on any atom is -0.478 e. The molecule has 0 radical (unpaired) electrons. The summed E-state index contributed by atoms with van der Waals surface area (Å²) in [6, 6.07) is 11.6. The van der Waals surface area contributed by atoms with Crippen LogP contribution in [0.1, 0.15) is 52.6 Å². The second-order valence-electron chi connectivity index (χ2n) is 12.9. The number of rotatable bonds is 17. The molecule has 0 spiro atoms. The fraction of sp³-hybridized carbons (Fsp3) is 0.122. The average molecular weight is 901 g/mol. The van der Waals surface area contributed by atoms with Gasteiger partial charge in [0.05, 0.1) is 22.3 Å². The van der Waals surface area contributed by atoms with Gasteiger partial charge in [-0.05, 0) is 83.9 Å². The van der Waals surface area contributed by atoms with Crippen LogP contribution in [-0.4, -0.2) is 93.4 Å². The van der Waals surface area contributed by atoms with Gasteiger partial charge in [-0.2, -0.15) is 26.3 Å². The van der Waals surface area contributed by atoms with E-state index in [0.717, 1.165) is 6.08 Å². The molecule has 0 bridgehead atoms. The number of carboxylic acids is 4. The molecule has 334 valence electrons. The van der Waals surface area contributed by atoms with Gasteiger partial charge in [-0.15, -0.1) is 0 Å². The Hall–Kier alpha value is -8.50. The fourth-order valence-corrected chi connectivity index (χ4v) is 5.83. The third kappa shape index (κ3) is 11.7. The van der Waals surface area contributed by atoms with Crippen LogP contribution in [0.25, 0.3) is 0 Å². The van der Waals surface area contributed by atoms with Crippen LogP contribution in [0.15, 0.2) is 109 Å². The minimum absolute atomic E-state index is 0.0251. The highest BCUT2D eigenvalue weighted by atomic mass is 19.4. The third-order valence-electron chi connectivity index (χ3n) is 8.64. The van der Waals surface area contributed by atoms with Crippen molar-refractivity contribution in [2.75, 3.05) is 23.7 Å². The molecular weight excluding hydrogens is 870 g/mol. The molecule has 0 atom stereocenters. The van der Waals surface area contributed by atoms with Crippen molar-refractivity contribution in [1.82, 2.24) is 10.6 Å². The summed E-state index contributed by atoms with van der Waals surface area (Å²) in [5.41, 5.74) is -12.9. The van der Waals surface area contributed by atoms with E-state index in [2.05, 4.69) is 16.0 Å². The summed E-state index contributed by atoms with van der Waals surface area (Å²) >= 11 is 0. The maximum atomic E-state index is 15.2. The molecular formula is C41H30F6N4O13. The molecule has 0 aliphatic rings. The first-order valence-electron chi connectivity index (χ1n) is 17.7. The number of halogens is 6. The van der Waals surface area contributed by atoms with Crippen molar-refractivity contribution in [3.05, 3.63) is 143 Å². The summed E-state index contributed by atoms with van der Waals surface area (Å²) in [6.07, 6.45) is -10.3. The molecule has 8 N–H and O–H groups in total. The number of benzene rings is 4. The first kappa shape index (κ1) is 48.2. The van der Waals surface area contributed by atoms with E-state index in [9.17, 15) is 48.6 Å². The molecule has 0 aliphatic carbocycles. The minimum atomic E-state index is -6.38. The van der Waals surface area contributed by atoms with E-state index in [1.54, 1.807) is 0 Å². The van der Waals surface area contributed by atoms with Gasteiger partial charge in [0.2, 0.25) is 17.2 Å². The number of alkyl halides is 6. The van der Waals surface area contributed by atoms with Crippen molar-refractivity contribution in [2.45, 2.75) is 17.8 Å². The van der Waals surface area contributed by atoms with Crippen LogP contribution in [0.5, 0.6) is 11.5 Å². The average Bonchev–Trinajstić information content (AvgIpc) is 3.21. The molecule has 4 aromatic carbocycles. The molecule has 64 heavy (non-hydrogen) atoms. The lowest BCUT2D eigenvalue weighted by molar-refractivity contribution is -0.288. The molecule has 0 aromatic heterocycles. The second kappa shape index (κ2) is 19.9. The Morgan fingerprint density at radius 1 is 0.484 bits per heavy atom. The van der Waals surface area contributed by atoms with Crippen LogP contribution in [0.2, 0.25) is 0 Å². The van der Waals surface area contributed by atoms with Gasteiger partial charge in [0, 0.05) is 48.8 Å². The van der Waals surface area contributed by atoms with Gasteiger partial charge in [-0.1, -0.05) is 12.1 Å². The van der Waals surface area contributed by atoms with Gasteiger partial charge in [0.25, 0.3) is 11.8 Å². The smallest absolute Gasteiger partial charge is 0.411 e. The van der Waals surface area contributed by atoms with Crippen molar-refractivity contribution < 1.29 is 89.9 Å². The predicted octanol–water partition coefficient (Wildman–Crippen LogP) is 5.60. The van der Waals surface area contributed by atoms with E-state index in [1.807, 2.05) is 5.32 Å². The quantitative estimate of drug-likeness (QED) is 0.0364. The molecule has 0 heterocycles. The van der Waals surface area contributed by atoms with Gasteiger partial charge in [-0.3, -0.25) is 19.2 Å². The lowest BCUT2D eigenvalue weighted by Crippen LogP contribution is -2.55. The monoisotopic (exact) mass is 900 g/mol. The fourth-order valence-electron chi connectivity index (χ4n) is 5.83. The Kier molecular flexibility index (Phi) is 15.0. The van der Waals surface area contributed by atoms with Crippen LogP contribution in [0.3, 0.4) is 0 Å². The molecule has 0 unspecified atom stereocenters. The van der Waals surface area contributed by atoms with Crippen molar-refractivity contribution in [1.29, 1.82) is 0 Å². The number of aromatic carboxylic acids is 2. The van der Waals surface area contributed by atoms with E-state index in [4.69, 9.17) is 14.9 Å². The van der Waals surface area contributed by atoms with Gasteiger partial charge in [-0.25, -0.2) is 19.2 Å². The summed E-state index contributed by atoms with van der Waals surface area (Å²) in [7, 11) is 0. The summed E-state index contributed by atoms with van der Waals surface area (Å²) in [6.45, 7) is -1.03. The van der Waals surface area contributed by atoms with Crippen molar-refractivity contribution in [3.63, 3.8) is 0 Å². The number of carbonyl (C=O) groups excluding carboxylic acids is 4. The summed E-state index contributed by atoms with van der Waals surface area (Å²) in [4.78, 5) is 95.3. The summed E-state index contributed by atoms with van der Waals surface area (Å²) < 4.78 is 97.1. The predicted molar refractivity (Wildman–Crippen MR) is 208 cm³/mol. The molecule has 4 aromatic rings. The van der Waals surface area contributed by atoms with Crippen LogP contribution in [0.4, 0.5) is 37.7 Å². The van der Waals surface area contributed by atoms with E-state index in [0.29, 0.717) is 30.4 Å². The molecule has 0 saturated carbocycles. The highest BCUT2D eigenvalue weighted by Crippen LogP contribution is 2.56. The number of hydrogen-bond donors (Lipinski definition) is 8. The number of hydrogen-bond acceptors (Lipinski definition) is 9. The first-order chi connectivity index (χ1) is 29.9. The van der Waals surface area contributed by atoms with E-state index in [1.165, 1.54) is 48.5 Å². The maximum absolute atomic E-state index is 15.2. The van der Waals surface area contributed by atoms with Gasteiger partial charge < -0.3 is 46.4 Å². The number of anilines is 2. The normalized spacial score (nSPS) is 11.7. The number of carbonyl (C=O) groups is 8. The largest absolute Gasteiger partial charge is 0.478 e. The zero-order valence-corrected chi connectivity index (χ0v) is 32.0. The van der Waals surface area contributed by atoms with E-state index in [-0.39, 0.29) is 47.1 Å². The third-order valence-corrected chi connectivity index (χ3v) is 8.64. The van der Waals surface area contributed by atoms with Crippen molar-refractivity contribution in [2.24, 2.45) is 0 Å². The van der Waals surface area contributed by atoms with Gasteiger partial charge >= 0.3 is 36.2 Å². The molecule has 17 nitrogen and oxygen atoms in total. The highest BCUT2D eigenvalue weighted by Gasteiger charge is 2.72. The van der Waals surface area contributed by atoms with Crippen molar-refractivity contribution >= 4 is 58.9 Å². The number of aliphatic carboxylic acids is 2. The first-order valence-corrected chi connectivity index (χ1v) is 17.7. The number of ether oxygens (including phenoxy) is 1. The van der Waals surface area contributed by atoms with Crippen LogP contribution in [-0.2, 0) is 24.6 Å². The Bertz CT molecular complexity index is 2540. The summed E-state index contributed by atoms with van der Waals surface area (Å²) in [5, 5.41) is 45.4. The Balaban J connectivity index is 1.67. The van der Waals surface area contributed by atoms with Crippen LogP contribution in [0, 0.1) is 0 Å². The lowest BCUT2D eigenvalue weighted by Gasteiger charge is -2.38. The zero-order chi connectivity index (χ0) is 47.6. The molecule has 4 amide bonds. The maximum Gasteiger partial charge on any atom is 0.411 e. The molecule has 4 rings (SSSR count). The van der Waals surface area contributed by atoms with Crippen LogP contribution >= 0.6 is 0 Å². The Labute approximate surface area is 354 Å². The Morgan fingerprint density at radius 2 is 0.891 bits per heavy atom. The second-order valence-corrected chi connectivity index (χ2v) is 12.9. The number of nitrogens with one attached hydrogen (secondary N) is 4. The van der Waals surface area contributed by atoms with Crippen LogP contribution < -0.4 is 26.0 Å². The standard InChI is InChI=1S/C41H30F6N4O13/c42-40(43,44)39(41(45,46)47,21-1-11-27(37(60)61)29(19-21)35(58)49-18-17-48-31(52)13-15-33(54)55)22-2-12-28(38(62)63)30(20-22)36(59)51-24-5-9-26(10-6-24)64-25-7-3-23(4-8-25)50-32(53)14-16-34(56)57/h1-16,19-20H,17-18H2,(H,48,52)(H,49,58)(H,50,53)(H,51,59)(H,54,55)(H,56,57)(H,60,61)(H,62,63)/b15-13-,16-14-. The van der Waals surface area contributed by atoms with E-state index >= 15 is 26.3 Å². The van der Waals surface area contributed by atoms with E-state index < -0.39 is 112 Å². The topological polar surface area (TPSA) is 275 Å². The SMILES string of the molecule is O=C(O)/C=C\C(=O)NCCNC(=O)c1cc(C(c2ccc(C(=O)O)c(C(=O)Nc3ccc(Oc4ccc(NC(=O)/C=C\C(=O)O)cc4)cc3)c2)(C(F)(F)F)C(F)(F)F)ccc1C(=O)O. The summed E-state index contributed by atoms with van der Waals surface area (Å²) in [5.74, 6) is -11.0. The Morgan fingerprint density at radius 3 is 1.31 bits per heavy atom. The van der Waals surface area contributed by atoms with Crippen molar-refractivity contribution in [3.8, 4) is 11.5 Å². The zero-order valence-electron chi connectivity index (χ0n) is 32.0. The lowest BCUT2D eigenvalue weighted by atomic mass is 9.71. The number of amides is 4. The molecule has 23 heteroatoms. The van der Waals surface area contributed by atoms with Gasteiger partial charge in [0.1, 0.15) is 11.5 Å². The molecule has 0 saturated heterocycles. The molecule has 0 fully saturated rings.